The van der Waals surface area contributed by atoms with E-state index in [-0.39, 0.29) is 11.6 Å². The second kappa shape index (κ2) is 7.40. The van der Waals surface area contributed by atoms with E-state index in [2.05, 4.69) is 22.0 Å². The number of anilines is 1. The highest BCUT2D eigenvalue weighted by atomic mass is 19.1. The average Bonchev–Trinajstić information content (AvgIpc) is 2.96. The lowest BCUT2D eigenvalue weighted by molar-refractivity contribution is 0.284. The molecule has 0 N–H and O–H groups in total. The minimum absolute atomic E-state index is 0.199. The monoisotopic (exact) mass is 367 g/mol. The molecular weight excluding hydrogens is 345 g/mol. The lowest BCUT2D eigenvalue weighted by atomic mass is 10.2. The molecule has 0 aliphatic carbocycles. The lowest BCUT2D eigenvalue weighted by Crippen LogP contribution is -2.46. The van der Waals surface area contributed by atoms with E-state index in [0.29, 0.717) is 5.58 Å². The van der Waals surface area contributed by atoms with Gasteiger partial charge >= 0.3 is 5.76 Å². The van der Waals surface area contributed by atoms with Gasteiger partial charge in [0.1, 0.15) is 5.82 Å². The molecule has 1 aromatic heterocycles. The summed E-state index contributed by atoms with van der Waals surface area (Å²) >= 11 is 0. The highest BCUT2D eigenvalue weighted by Crippen LogP contribution is 2.18. The van der Waals surface area contributed by atoms with Crippen LogP contribution in [-0.4, -0.2) is 42.2 Å². The van der Waals surface area contributed by atoms with Crippen LogP contribution in [0.3, 0.4) is 0 Å². The van der Waals surface area contributed by atoms with E-state index in [1.165, 1.54) is 16.7 Å². The van der Waals surface area contributed by atoms with Crippen LogP contribution in [0.1, 0.15) is 5.56 Å². The Morgan fingerprint density at radius 2 is 1.81 bits per heavy atom. The number of hydrogen-bond acceptors (Lipinski definition) is 4. The molecule has 0 radical (unpaired) electrons. The molecule has 5 nitrogen and oxygen atoms in total. The summed E-state index contributed by atoms with van der Waals surface area (Å²) in [4.78, 5) is 16.2. The van der Waals surface area contributed by atoms with Crippen molar-refractivity contribution >= 4 is 22.9 Å². The van der Waals surface area contributed by atoms with E-state index in [1.807, 2.05) is 30.3 Å². The van der Waals surface area contributed by atoms with Crippen molar-refractivity contribution in [1.82, 2.24) is 9.47 Å². The van der Waals surface area contributed by atoms with Gasteiger partial charge in [-0.2, -0.15) is 0 Å². The maximum atomic E-state index is 13.0. The number of aromatic nitrogens is 1. The summed E-state index contributed by atoms with van der Waals surface area (Å²) in [6.07, 6.45) is 4.19. The van der Waals surface area contributed by atoms with Crippen molar-refractivity contribution in [2.75, 3.05) is 37.6 Å². The number of rotatable bonds is 4. The van der Waals surface area contributed by atoms with Crippen LogP contribution in [-0.2, 0) is 7.05 Å². The van der Waals surface area contributed by atoms with Gasteiger partial charge in [-0.1, -0.05) is 18.2 Å². The van der Waals surface area contributed by atoms with E-state index < -0.39 is 0 Å². The zero-order valence-electron chi connectivity index (χ0n) is 15.3. The molecule has 0 unspecified atom stereocenters. The van der Waals surface area contributed by atoms with Gasteiger partial charge in [0.15, 0.2) is 5.58 Å². The average molecular weight is 367 g/mol. The van der Waals surface area contributed by atoms with Gasteiger partial charge in [-0.05, 0) is 42.0 Å². The van der Waals surface area contributed by atoms with Crippen LogP contribution < -0.4 is 10.7 Å². The molecule has 140 valence electrons. The van der Waals surface area contributed by atoms with E-state index in [0.717, 1.165) is 49.5 Å². The van der Waals surface area contributed by atoms with E-state index in [1.54, 1.807) is 7.05 Å². The lowest BCUT2D eigenvalue weighted by Gasteiger charge is -2.35. The zero-order chi connectivity index (χ0) is 18.8. The van der Waals surface area contributed by atoms with Gasteiger partial charge in [-0.25, -0.2) is 9.18 Å². The van der Waals surface area contributed by atoms with Gasteiger partial charge in [0.05, 0.1) is 5.52 Å². The first kappa shape index (κ1) is 17.5. The Morgan fingerprint density at radius 1 is 1.07 bits per heavy atom. The number of aryl methyl sites for hydroxylation is 1. The molecule has 27 heavy (non-hydrogen) atoms. The summed E-state index contributed by atoms with van der Waals surface area (Å²) in [6, 6.07) is 12.5. The Bertz CT molecular complexity index is 1010. The van der Waals surface area contributed by atoms with Gasteiger partial charge in [0.25, 0.3) is 0 Å². The molecule has 0 saturated carbocycles. The topological polar surface area (TPSA) is 41.6 Å². The third-order valence-electron chi connectivity index (χ3n) is 5.05. The summed E-state index contributed by atoms with van der Waals surface area (Å²) in [5.74, 6) is -0.541. The van der Waals surface area contributed by atoms with E-state index >= 15 is 0 Å². The largest absolute Gasteiger partial charge is 0.419 e. The van der Waals surface area contributed by atoms with Crippen LogP contribution in [0.2, 0.25) is 0 Å². The normalized spacial score (nSPS) is 15.9. The van der Waals surface area contributed by atoms with Crippen LogP contribution in [0.4, 0.5) is 10.1 Å². The zero-order valence-corrected chi connectivity index (χ0v) is 15.3. The number of halogens is 1. The van der Waals surface area contributed by atoms with Gasteiger partial charge in [-0.15, -0.1) is 0 Å². The summed E-state index contributed by atoms with van der Waals surface area (Å²) in [7, 11) is 1.70. The summed E-state index contributed by atoms with van der Waals surface area (Å²) in [5, 5.41) is 0. The maximum absolute atomic E-state index is 13.0. The molecule has 1 fully saturated rings. The van der Waals surface area contributed by atoms with E-state index in [4.69, 9.17) is 4.42 Å². The minimum Gasteiger partial charge on any atom is -0.408 e. The first-order valence-electron chi connectivity index (χ1n) is 9.09. The molecule has 4 rings (SSSR count). The second-order valence-electron chi connectivity index (χ2n) is 6.82. The predicted molar refractivity (Wildman–Crippen MR) is 106 cm³/mol. The third-order valence-corrected chi connectivity index (χ3v) is 5.05. The molecule has 2 aromatic carbocycles. The van der Waals surface area contributed by atoms with Crippen LogP contribution in [0.15, 0.2) is 57.8 Å². The van der Waals surface area contributed by atoms with Crippen molar-refractivity contribution in [2.45, 2.75) is 0 Å². The van der Waals surface area contributed by atoms with Gasteiger partial charge in [0, 0.05) is 45.5 Å². The summed E-state index contributed by atoms with van der Waals surface area (Å²) in [5.41, 5.74) is 3.50. The van der Waals surface area contributed by atoms with E-state index in [9.17, 15) is 9.18 Å². The van der Waals surface area contributed by atoms with Crippen molar-refractivity contribution in [3.05, 3.63) is 70.5 Å². The smallest absolute Gasteiger partial charge is 0.408 e. The first-order chi connectivity index (χ1) is 13.1. The number of oxazole rings is 1. The Labute approximate surface area is 156 Å². The Balaban J connectivity index is 1.33. The fourth-order valence-corrected chi connectivity index (χ4v) is 3.43. The Morgan fingerprint density at radius 3 is 2.56 bits per heavy atom. The number of piperazine rings is 1. The molecular formula is C21H22FN3O2. The van der Waals surface area contributed by atoms with Crippen molar-refractivity contribution in [1.29, 1.82) is 0 Å². The molecule has 1 aliphatic rings. The van der Waals surface area contributed by atoms with Gasteiger partial charge in [-0.3, -0.25) is 9.47 Å². The van der Waals surface area contributed by atoms with Crippen molar-refractivity contribution in [2.24, 2.45) is 7.05 Å². The fourth-order valence-electron chi connectivity index (χ4n) is 3.43. The molecule has 0 amide bonds. The van der Waals surface area contributed by atoms with Crippen molar-refractivity contribution in [3.8, 4) is 0 Å². The van der Waals surface area contributed by atoms with Crippen LogP contribution in [0.5, 0.6) is 0 Å². The number of hydrogen-bond donors (Lipinski definition) is 0. The van der Waals surface area contributed by atoms with Crippen molar-refractivity contribution in [3.63, 3.8) is 0 Å². The van der Waals surface area contributed by atoms with Gasteiger partial charge < -0.3 is 9.32 Å². The second-order valence-corrected chi connectivity index (χ2v) is 6.82. The minimum atomic E-state index is -0.342. The summed E-state index contributed by atoms with van der Waals surface area (Å²) in [6.45, 7) is 4.66. The molecule has 3 aromatic rings. The Hall–Kier alpha value is -2.86. The number of nitrogens with zero attached hydrogens (tertiary/aromatic N) is 3. The molecule has 6 heteroatoms. The summed E-state index contributed by atoms with van der Waals surface area (Å²) < 4.78 is 19.8. The molecule has 1 saturated heterocycles. The highest BCUT2D eigenvalue weighted by molar-refractivity contribution is 5.76. The quantitative estimate of drug-likeness (QED) is 0.711. The molecule has 0 spiro atoms. The fraction of sp³-hybridized carbons (Fsp3) is 0.286. The van der Waals surface area contributed by atoms with Gasteiger partial charge in [0.2, 0.25) is 0 Å². The molecule has 2 heterocycles. The standard InChI is InChI=1S/C21H22FN3O2/c1-23-19-9-4-16(15-20(19)27-21(23)26)3-2-10-24-11-13-25(14-12-24)18-7-5-17(22)6-8-18/h2-9,15H,10-14H2,1H3/b3-2+. The van der Waals surface area contributed by atoms with Crippen LogP contribution >= 0.6 is 0 Å². The number of benzene rings is 2. The molecule has 0 bridgehead atoms. The highest BCUT2D eigenvalue weighted by Gasteiger charge is 2.16. The van der Waals surface area contributed by atoms with Crippen molar-refractivity contribution < 1.29 is 8.81 Å². The SMILES string of the molecule is Cn1c(=O)oc2cc(/C=C/CN3CCN(c4ccc(F)cc4)CC3)ccc21. The molecule has 0 atom stereocenters. The third kappa shape index (κ3) is 3.80. The maximum Gasteiger partial charge on any atom is 0.419 e. The first-order valence-corrected chi connectivity index (χ1v) is 9.09. The van der Waals surface area contributed by atoms with Crippen LogP contribution in [0, 0.1) is 5.82 Å². The van der Waals surface area contributed by atoms with Crippen LogP contribution in [0.25, 0.3) is 17.2 Å². The predicted octanol–water partition coefficient (Wildman–Crippen LogP) is 3.11. The number of fused-ring (bicyclic) bond motifs is 1. The molecule has 1 aliphatic heterocycles. The Kier molecular flexibility index (Phi) is 4.81.